The van der Waals surface area contributed by atoms with Crippen LogP contribution in [0.25, 0.3) is 0 Å². The molecule has 0 saturated carbocycles. The van der Waals surface area contributed by atoms with Gasteiger partial charge in [0.05, 0.1) is 12.4 Å². The molecule has 27 heavy (non-hydrogen) atoms. The lowest BCUT2D eigenvalue weighted by atomic mass is 10.4. The normalized spacial score (nSPS) is 11.3. The number of nitrogens with one attached hydrogen (secondary N) is 2. The summed E-state index contributed by atoms with van der Waals surface area (Å²) in [5.74, 6) is 1.10. The number of rotatable bonds is 6. The number of hydrogen-bond acceptors (Lipinski definition) is 7. The van der Waals surface area contributed by atoms with E-state index in [9.17, 15) is 9.59 Å². The lowest BCUT2D eigenvalue weighted by molar-refractivity contribution is 0.0902. The van der Waals surface area contributed by atoms with Crippen molar-refractivity contribution in [2.75, 3.05) is 0 Å². The fraction of sp³-hybridized carbons (Fsp3) is 0.111. The van der Waals surface area contributed by atoms with Crippen LogP contribution in [0, 0.1) is 13.8 Å². The molecular weight excluding hydrogens is 352 g/mol. The van der Waals surface area contributed by atoms with Gasteiger partial charge in [0, 0.05) is 0 Å². The van der Waals surface area contributed by atoms with E-state index in [0.717, 1.165) is 11.5 Å². The zero-order chi connectivity index (χ0) is 19.2. The summed E-state index contributed by atoms with van der Waals surface area (Å²) >= 11 is 0. The Morgan fingerprint density at radius 3 is 1.56 bits per heavy atom. The predicted octanol–water partition coefficient (Wildman–Crippen LogP) is 2.61. The second-order valence-electron chi connectivity index (χ2n) is 5.46. The molecule has 3 heterocycles. The van der Waals surface area contributed by atoms with E-state index in [1.54, 1.807) is 38.1 Å². The summed E-state index contributed by atoms with van der Waals surface area (Å²) in [6.07, 6.45) is 2.71. The molecule has 0 aromatic carbocycles. The van der Waals surface area contributed by atoms with Gasteiger partial charge in [-0.1, -0.05) is 0 Å². The van der Waals surface area contributed by atoms with Crippen LogP contribution in [0.4, 0.5) is 0 Å². The van der Waals surface area contributed by atoms with Crippen LogP contribution in [0.5, 0.6) is 0 Å². The van der Waals surface area contributed by atoms with Gasteiger partial charge < -0.3 is 13.3 Å². The van der Waals surface area contributed by atoms with Crippen molar-refractivity contribution in [1.29, 1.82) is 0 Å². The van der Waals surface area contributed by atoms with Crippen molar-refractivity contribution in [2.24, 2.45) is 10.2 Å². The van der Waals surface area contributed by atoms with Gasteiger partial charge in [0.1, 0.15) is 23.0 Å². The molecule has 0 fully saturated rings. The summed E-state index contributed by atoms with van der Waals surface area (Å²) in [7, 11) is 0. The maximum Gasteiger partial charge on any atom is 0.307 e. The minimum Gasteiger partial charge on any atom is -0.460 e. The molecule has 0 radical (unpaired) electrons. The average Bonchev–Trinajstić information content (AvgIpc) is 3.36. The fourth-order valence-corrected chi connectivity index (χ4v) is 2.05. The predicted molar refractivity (Wildman–Crippen MR) is 95.7 cm³/mol. The van der Waals surface area contributed by atoms with Crippen molar-refractivity contribution in [3.05, 3.63) is 71.0 Å². The van der Waals surface area contributed by atoms with Crippen LogP contribution in [0.3, 0.4) is 0 Å². The molecule has 138 valence electrons. The molecular formula is C18H16N4O5. The third kappa shape index (κ3) is 4.82. The van der Waals surface area contributed by atoms with Crippen molar-refractivity contribution in [3.63, 3.8) is 0 Å². The molecule has 0 atom stereocenters. The highest BCUT2D eigenvalue weighted by molar-refractivity contribution is 5.96. The number of furan rings is 3. The molecule has 0 saturated heterocycles. The van der Waals surface area contributed by atoms with E-state index < -0.39 is 11.8 Å². The maximum absolute atomic E-state index is 12.0. The van der Waals surface area contributed by atoms with Gasteiger partial charge in [0.2, 0.25) is 0 Å². The van der Waals surface area contributed by atoms with Gasteiger partial charge in [0.15, 0.2) is 11.5 Å². The summed E-state index contributed by atoms with van der Waals surface area (Å²) < 4.78 is 15.8. The number of hydrogen-bond donors (Lipinski definition) is 2. The minimum absolute atomic E-state index is 0.0708. The second-order valence-corrected chi connectivity index (χ2v) is 5.46. The van der Waals surface area contributed by atoms with Gasteiger partial charge in [-0.2, -0.15) is 10.2 Å². The van der Waals surface area contributed by atoms with Gasteiger partial charge in [-0.05, 0) is 50.2 Å². The van der Waals surface area contributed by atoms with Gasteiger partial charge in [0.25, 0.3) is 0 Å². The first kappa shape index (κ1) is 17.9. The van der Waals surface area contributed by atoms with Crippen LogP contribution in [0.1, 0.15) is 44.2 Å². The fourth-order valence-electron chi connectivity index (χ4n) is 2.05. The minimum atomic E-state index is -0.608. The van der Waals surface area contributed by atoms with Crippen molar-refractivity contribution in [3.8, 4) is 0 Å². The largest absolute Gasteiger partial charge is 0.460 e. The molecule has 3 rings (SSSR count). The molecule has 0 aliphatic rings. The molecule has 0 aliphatic carbocycles. The zero-order valence-corrected chi connectivity index (χ0v) is 14.6. The molecule has 2 amide bonds. The molecule has 0 unspecified atom stereocenters. The smallest absolute Gasteiger partial charge is 0.307 e. The third-order valence-corrected chi connectivity index (χ3v) is 3.29. The third-order valence-electron chi connectivity index (χ3n) is 3.29. The second kappa shape index (κ2) is 8.00. The van der Waals surface area contributed by atoms with Crippen molar-refractivity contribution < 1.29 is 22.8 Å². The van der Waals surface area contributed by atoms with E-state index in [4.69, 9.17) is 13.3 Å². The first-order valence-corrected chi connectivity index (χ1v) is 7.91. The standard InChI is InChI=1S/C18H16N4O5/c1-11-3-5-13(25-11)9-19-21-17(23)15-7-8-16(27-15)18(24)22-20-10-14-6-4-12(2)26-14/h3-10H,1-2H3,(H,21,23)(H,22,24)/b19-9+,20-10+. The van der Waals surface area contributed by atoms with Gasteiger partial charge >= 0.3 is 11.8 Å². The highest BCUT2D eigenvalue weighted by atomic mass is 16.4. The first-order valence-electron chi connectivity index (χ1n) is 7.91. The van der Waals surface area contributed by atoms with Crippen LogP contribution in [-0.2, 0) is 0 Å². The number of hydrazone groups is 2. The van der Waals surface area contributed by atoms with Crippen LogP contribution >= 0.6 is 0 Å². The highest BCUT2D eigenvalue weighted by Gasteiger charge is 2.15. The van der Waals surface area contributed by atoms with Crippen LogP contribution < -0.4 is 10.9 Å². The summed E-state index contributed by atoms with van der Waals surface area (Å²) in [5, 5.41) is 7.52. The van der Waals surface area contributed by atoms with Crippen LogP contribution in [0.15, 0.2) is 59.9 Å². The molecule has 0 spiro atoms. The van der Waals surface area contributed by atoms with Crippen molar-refractivity contribution in [1.82, 2.24) is 10.9 Å². The molecule has 2 N–H and O–H groups in total. The van der Waals surface area contributed by atoms with Crippen LogP contribution in [-0.4, -0.2) is 24.2 Å². The van der Waals surface area contributed by atoms with Gasteiger partial charge in [-0.15, -0.1) is 0 Å². The van der Waals surface area contributed by atoms with E-state index in [1.165, 1.54) is 24.6 Å². The summed E-state index contributed by atoms with van der Waals surface area (Å²) in [4.78, 5) is 23.9. The molecule has 3 aromatic heterocycles. The Bertz CT molecular complexity index is 930. The Morgan fingerprint density at radius 1 is 0.741 bits per heavy atom. The lowest BCUT2D eigenvalue weighted by Gasteiger charge is -1.96. The summed E-state index contributed by atoms with van der Waals surface area (Å²) in [6.45, 7) is 3.59. The number of carbonyl (C=O) groups is 2. The highest BCUT2D eigenvalue weighted by Crippen LogP contribution is 2.08. The van der Waals surface area contributed by atoms with Crippen molar-refractivity contribution in [2.45, 2.75) is 13.8 Å². The van der Waals surface area contributed by atoms with E-state index in [-0.39, 0.29) is 11.5 Å². The first-order chi connectivity index (χ1) is 13.0. The molecule has 9 nitrogen and oxygen atoms in total. The average molecular weight is 368 g/mol. The Kier molecular flexibility index (Phi) is 5.31. The molecule has 0 bridgehead atoms. The Labute approximate surface area is 153 Å². The topological polar surface area (TPSA) is 122 Å². The van der Waals surface area contributed by atoms with Gasteiger partial charge in [-0.3, -0.25) is 9.59 Å². The molecule has 0 aliphatic heterocycles. The lowest BCUT2D eigenvalue weighted by Crippen LogP contribution is -2.18. The van der Waals surface area contributed by atoms with E-state index in [1.807, 2.05) is 0 Å². The van der Waals surface area contributed by atoms with E-state index >= 15 is 0 Å². The molecule has 3 aromatic rings. The van der Waals surface area contributed by atoms with E-state index in [0.29, 0.717) is 11.5 Å². The Morgan fingerprint density at radius 2 is 1.19 bits per heavy atom. The van der Waals surface area contributed by atoms with E-state index in [2.05, 4.69) is 21.1 Å². The monoisotopic (exact) mass is 368 g/mol. The van der Waals surface area contributed by atoms with Crippen LogP contribution in [0.2, 0.25) is 0 Å². The summed E-state index contributed by atoms with van der Waals surface area (Å²) in [5.41, 5.74) is 4.56. The number of carbonyl (C=O) groups excluding carboxylic acids is 2. The number of aryl methyl sites for hydroxylation is 2. The number of nitrogens with zero attached hydrogens (tertiary/aromatic N) is 2. The molecule has 9 heteroatoms. The number of amides is 2. The van der Waals surface area contributed by atoms with Gasteiger partial charge in [-0.25, -0.2) is 10.9 Å². The SMILES string of the molecule is Cc1ccc(/C=N/NC(=O)c2ccc(C(=O)N/N=C/c3ccc(C)o3)o2)o1. The van der Waals surface area contributed by atoms with Crippen molar-refractivity contribution >= 4 is 24.2 Å². The Balaban J connectivity index is 1.53. The quantitative estimate of drug-likeness (QED) is 0.511. The Hall–Kier alpha value is -3.88. The summed E-state index contributed by atoms with van der Waals surface area (Å²) in [6, 6.07) is 9.69. The zero-order valence-electron chi connectivity index (χ0n) is 14.6. The maximum atomic E-state index is 12.0.